The van der Waals surface area contributed by atoms with Gasteiger partial charge in [0.2, 0.25) is 0 Å². The Labute approximate surface area is 122 Å². The average molecular weight is 278 g/mol. The largest absolute Gasteiger partial charge is 0.462 e. The number of fused-ring (bicyclic) bond motifs is 1. The highest BCUT2D eigenvalue weighted by Crippen LogP contribution is 2.24. The van der Waals surface area contributed by atoms with Gasteiger partial charge in [0.15, 0.2) is 0 Å². The zero-order valence-corrected chi connectivity index (χ0v) is 11.6. The molecule has 4 heteroatoms. The van der Waals surface area contributed by atoms with Crippen LogP contribution in [0, 0.1) is 0 Å². The van der Waals surface area contributed by atoms with Gasteiger partial charge in [-0.05, 0) is 31.2 Å². The van der Waals surface area contributed by atoms with Crippen LogP contribution in [0.15, 0.2) is 54.9 Å². The fraction of sp³-hybridized carbons (Fsp3) is 0.118. The van der Waals surface area contributed by atoms with Gasteiger partial charge in [0.1, 0.15) is 0 Å². The number of pyridine rings is 2. The molecule has 0 aliphatic heterocycles. The minimum atomic E-state index is -0.367. The maximum atomic E-state index is 12.0. The predicted molar refractivity (Wildman–Crippen MR) is 80.9 cm³/mol. The van der Waals surface area contributed by atoms with E-state index in [1.54, 1.807) is 31.5 Å². The van der Waals surface area contributed by atoms with Crippen molar-refractivity contribution >= 4 is 16.9 Å². The summed E-state index contributed by atoms with van der Waals surface area (Å²) >= 11 is 0. The first-order chi connectivity index (χ1) is 10.3. The van der Waals surface area contributed by atoms with E-state index in [0.29, 0.717) is 17.9 Å². The molecule has 1 aromatic carbocycles. The van der Waals surface area contributed by atoms with Gasteiger partial charge in [-0.25, -0.2) is 4.79 Å². The Bertz CT molecular complexity index is 799. The molecule has 0 atom stereocenters. The number of ether oxygens (including phenoxy) is 1. The van der Waals surface area contributed by atoms with Crippen LogP contribution in [-0.2, 0) is 4.74 Å². The Kier molecular flexibility index (Phi) is 3.60. The van der Waals surface area contributed by atoms with Gasteiger partial charge in [-0.2, -0.15) is 0 Å². The Morgan fingerprint density at radius 2 is 2.00 bits per heavy atom. The molecule has 2 heterocycles. The van der Waals surface area contributed by atoms with E-state index in [1.165, 1.54) is 0 Å². The van der Waals surface area contributed by atoms with Gasteiger partial charge < -0.3 is 4.74 Å². The van der Waals surface area contributed by atoms with Crippen molar-refractivity contribution < 1.29 is 9.53 Å². The molecule has 0 bridgehead atoms. The summed E-state index contributed by atoms with van der Waals surface area (Å²) < 4.78 is 5.08. The SMILES string of the molecule is CCOC(=O)c1cccnc1-c1cnc2ccccc2c1. The molecule has 4 nitrogen and oxygen atoms in total. The molecule has 0 unspecified atom stereocenters. The number of benzene rings is 1. The molecule has 0 aliphatic rings. The summed E-state index contributed by atoms with van der Waals surface area (Å²) in [5.41, 5.74) is 2.76. The minimum absolute atomic E-state index is 0.336. The van der Waals surface area contributed by atoms with Gasteiger partial charge in [0, 0.05) is 23.3 Å². The van der Waals surface area contributed by atoms with E-state index in [-0.39, 0.29) is 5.97 Å². The number of hydrogen-bond donors (Lipinski definition) is 0. The molecule has 0 spiro atoms. The summed E-state index contributed by atoms with van der Waals surface area (Å²) in [6, 6.07) is 13.3. The number of hydrogen-bond acceptors (Lipinski definition) is 4. The van der Waals surface area contributed by atoms with Crippen molar-refractivity contribution in [2.24, 2.45) is 0 Å². The molecule has 0 aliphatic carbocycles. The summed E-state index contributed by atoms with van der Waals surface area (Å²) in [4.78, 5) is 20.7. The van der Waals surface area contributed by atoms with Gasteiger partial charge in [0.25, 0.3) is 0 Å². The minimum Gasteiger partial charge on any atom is -0.462 e. The number of carbonyl (C=O) groups excluding carboxylic acids is 1. The standard InChI is InChI=1S/C17H14N2O2/c1-2-21-17(20)14-7-5-9-18-16(14)13-10-12-6-3-4-8-15(12)19-11-13/h3-11H,2H2,1H3. The fourth-order valence-electron chi connectivity index (χ4n) is 2.21. The van der Waals surface area contributed by atoms with E-state index in [2.05, 4.69) is 9.97 Å². The summed E-state index contributed by atoms with van der Waals surface area (Å²) in [7, 11) is 0. The first-order valence-corrected chi connectivity index (χ1v) is 6.77. The van der Waals surface area contributed by atoms with Crippen LogP contribution in [0.4, 0.5) is 0 Å². The molecule has 21 heavy (non-hydrogen) atoms. The highest BCUT2D eigenvalue weighted by molar-refractivity contribution is 5.97. The van der Waals surface area contributed by atoms with Crippen molar-refractivity contribution in [3.8, 4) is 11.3 Å². The zero-order chi connectivity index (χ0) is 14.7. The molecule has 2 aromatic heterocycles. The van der Waals surface area contributed by atoms with Crippen LogP contribution in [0.3, 0.4) is 0 Å². The highest BCUT2D eigenvalue weighted by Gasteiger charge is 2.15. The molecule has 104 valence electrons. The van der Waals surface area contributed by atoms with Crippen molar-refractivity contribution in [2.45, 2.75) is 6.92 Å². The van der Waals surface area contributed by atoms with Gasteiger partial charge in [-0.3, -0.25) is 9.97 Å². The second-order valence-corrected chi connectivity index (χ2v) is 4.54. The molecule has 0 N–H and O–H groups in total. The summed E-state index contributed by atoms with van der Waals surface area (Å²) in [5, 5.41) is 1.01. The average Bonchev–Trinajstić information content (AvgIpc) is 2.54. The summed E-state index contributed by atoms with van der Waals surface area (Å²) in [6.07, 6.45) is 3.39. The maximum absolute atomic E-state index is 12.0. The molecular formula is C17H14N2O2. The van der Waals surface area contributed by atoms with Crippen LogP contribution in [0.1, 0.15) is 17.3 Å². The normalized spacial score (nSPS) is 10.5. The quantitative estimate of drug-likeness (QED) is 0.688. The van der Waals surface area contributed by atoms with Gasteiger partial charge in [-0.15, -0.1) is 0 Å². The number of aromatic nitrogens is 2. The van der Waals surface area contributed by atoms with Gasteiger partial charge in [0.05, 0.1) is 23.4 Å². The lowest BCUT2D eigenvalue weighted by molar-refractivity contribution is 0.0527. The van der Waals surface area contributed by atoms with Crippen LogP contribution in [-0.4, -0.2) is 22.5 Å². The topological polar surface area (TPSA) is 52.1 Å². The Balaban J connectivity index is 2.12. The van der Waals surface area contributed by atoms with Crippen LogP contribution in [0.5, 0.6) is 0 Å². The van der Waals surface area contributed by atoms with E-state index in [4.69, 9.17) is 4.74 Å². The van der Waals surface area contributed by atoms with Crippen LogP contribution in [0.25, 0.3) is 22.2 Å². The van der Waals surface area contributed by atoms with E-state index in [0.717, 1.165) is 16.5 Å². The zero-order valence-electron chi connectivity index (χ0n) is 11.6. The number of carbonyl (C=O) groups is 1. The first kappa shape index (κ1) is 13.2. The molecule has 3 aromatic rings. The second-order valence-electron chi connectivity index (χ2n) is 4.54. The van der Waals surface area contributed by atoms with Crippen molar-refractivity contribution in [3.05, 3.63) is 60.4 Å². The van der Waals surface area contributed by atoms with E-state index in [1.807, 2.05) is 30.3 Å². The Morgan fingerprint density at radius 1 is 1.14 bits per heavy atom. The number of nitrogens with zero attached hydrogens (tertiary/aromatic N) is 2. The van der Waals surface area contributed by atoms with Crippen molar-refractivity contribution in [3.63, 3.8) is 0 Å². The Hall–Kier alpha value is -2.75. The fourth-order valence-corrected chi connectivity index (χ4v) is 2.21. The lowest BCUT2D eigenvalue weighted by Crippen LogP contribution is -2.07. The second kappa shape index (κ2) is 5.71. The molecule has 0 amide bonds. The van der Waals surface area contributed by atoms with Gasteiger partial charge >= 0.3 is 5.97 Å². The molecule has 0 fully saturated rings. The van der Waals surface area contributed by atoms with E-state index in [9.17, 15) is 4.79 Å². The van der Waals surface area contributed by atoms with Crippen molar-refractivity contribution in [1.82, 2.24) is 9.97 Å². The van der Waals surface area contributed by atoms with Crippen molar-refractivity contribution in [2.75, 3.05) is 6.61 Å². The van der Waals surface area contributed by atoms with Gasteiger partial charge in [-0.1, -0.05) is 18.2 Å². The molecule has 0 saturated carbocycles. The van der Waals surface area contributed by atoms with Crippen LogP contribution >= 0.6 is 0 Å². The van der Waals surface area contributed by atoms with E-state index < -0.39 is 0 Å². The number of para-hydroxylation sites is 1. The Morgan fingerprint density at radius 3 is 2.86 bits per heavy atom. The third kappa shape index (κ3) is 2.60. The third-order valence-electron chi connectivity index (χ3n) is 3.17. The summed E-state index contributed by atoms with van der Waals surface area (Å²) in [6.45, 7) is 2.12. The third-order valence-corrected chi connectivity index (χ3v) is 3.17. The lowest BCUT2D eigenvalue weighted by atomic mass is 10.1. The predicted octanol–water partition coefficient (Wildman–Crippen LogP) is 3.47. The highest BCUT2D eigenvalue weighted by atomic mass is 16.5. The smallest absolute Gasteiger partial charge is 0.340 e. The van der Waals surface area contributed by atoms with Crippen LogP contribution < -0.4 is 0 Å². The monoisotopic (exact) mass is 278 g/mol. The molecular weight excluding hydrogens is 264 g/mol. The first-order valence-electron chi connectivity index (χ1n) is 6.77. The summed E-state index contributed by atoms with van der Waals surface area (Å²) in [5.74, 6) is -0.367. The van der Waals surface area contributed by atoms with Crippen LogP contribution in [0.2, 0.25) is 0 Å². The lowest BCUT2D eigenvalue weighted by Gasteiger charge is -2.08. The molecule has 3 rings (SSSR count). The van der Waals surface area contributed by atoms with E-state index >= 15 is 0 Å². The maximum Gasteiger partial charge on any atom is 0.340 e. The number of esters is 1. The molecule has 0 saturated heterocycles. The molecule has 0 radical (unpaired) electrons. The number of rotatable bonds is 3. The van der Waals surface area contributed by atoms with Crippen molar-refractivity contribution in [1.29, 1.82) is 0 Å².